The van der Waals surface area contributed by atoms with Gasteiger partial charge in [0.2, 0.25) is 0 Å². The van der Waals surface area contributed by atoms with E-state index in [2.05, 4.69) is 5.32 Å². The summed E-state index contributed by atoms with van der Waals surface area (Å²) in [7, 11) is 0. The van der Waals surface area contributed by atoms with Crippen LogP contribution in [0.25, 0.3) is 0 Å². The lowest BCUT2D eigenvalue weighted by atomic mass is 10.2. The average molecular weight is 255 g/mol. The molecule has 0 atom stereocenters. The molecule has 5 heteroatoms. The molecule has 0 fully saturated rings. The third-order valence-corrected chi connectivity index (χ3v) is 2.47. The number of nitrogens with one attached hydrogen (secondary N) is 1. The first-order valence-electron chi connectivity index (χ1n) is 4.83. The van der Waals surface area contributed by atoms with Crippen LogP contribution in [0.15, 0.2) is 36.4 Å². The highest BCUT2D eigenvalue weighted by molar-refractivity contribution is 6.30. The van der Waals surface area contributed by atoms with Gasteiger partial charge in [-0.3, -0.25) is 0 Å². The highest BCUT2D eigenvalue weighted by Gasteiger charge is 2.08. The van der Waals surface area contributed by atoms with E-state index in [9.17, 15) is 8.78 Å². The lowest BCUT2D eigenvalue weighted by molar-refractivity contribution is 0.587. The first-order chi connectivity index (χ1) is 8.06. The van der Waals surface area contributed by atoms with E-state index in [0.29, 0.717) is 10.7 Å². The molecule has 17 heavy (non-hydrogen) atoms. The molecule has 0 saturated heterocycles. The van der Waals surface area contributed by atoms with Crippen molar-refractivity contribution >= 4 is 28.7 Å². The molecule has 0 aliphatic rings. The van der Waals surface area contributed by atoms with E-state index >= 15 is 0 Å². The highest BCUT2D eigenvalue weighted by atomic mass is 35.5. The van der Waals surface area contributed by atoms with E-state index < -0.39 is 11.6 Å². The van der Waals surface area contributed by atoms with Gasteiger partial charge in [0.25, 0.3) is 0 Å². The van der Waals surface area contributed by atoms with Gasteiger partial charge in [0.05, 0.1) is 11.4 Å². The second kappa shape index (κ2) is 4.59. The standard InChI is InChI=1S/C12H9ClF2N2/c13-7-1-3-9(4-2-7)17-11-6-8(14)5-10(15)12(11)16/h1-6,17H,16H2. The minimum atomic E-state index is -0.790. The molecular formula is C12H9ClF2N2. The van der Waals surface area contributed by atoms with Crippen LogP contribution in [0.4, 0.5) is 25.8 Å². The zero-order valence-corrected chi connectivity index (χ0v) is 9.43. The van der Waals surface area contributed by atoms with E-state index in [0.717, 1.165) is 12.1 Å². The molecule has 88 valence electrons. The van der Waals surface area contributed by atoms with E-state index in [4.69, 9.17) is 17.3 Å². The predicted octanol–water partition coefficient (Wildman–Crippen LogP) is 3.94. The summed E-state index contributed by atoms with van der Waals surface area (Å²) in [6.45, 7) is 0. The van der Waals surface area contributed by atoms with Crippen LogP contribution in [-0.2, 0) is 0 Å². The summed E-state index contributed by atoms with van der Waals surface area (Å²) < 4.78 is 26.2. The lowest BCUT2D eigenvalue weighted by Gasteiger charge is -2.10. The second-order valence-corrected chi connectivity index (χ2v) is 3.92. The molecule has 0 amide bonds. The summed E-state index contributed by atoms with van der Waals surface area (Å²) in [5.74, 6) is -1.48. The summed E-state index contributed by atoms with van der Waals surface area (Å²) in [4.78, 5) is 0. The first-order valence-corrected chi connectivity index (χ1v) is 5.21. The van der Waals surface area contributed by atoms with Crippen molar-refractivity contribution in [3.63, 3.8) is 0 Å². The number of rotatable bonds is 2. The second-order valence-electron chi connectivity index (χ2n) is 3.48. The molecule has 0 unspecified atom stereocenters. The van der Waals surface area contributed by atoms with E-state index in [1.54, 1.807) is 24.3 Å². The van der Waals surface area contributed by atoms with E-state index in [-0.39, 0.29) is 11.4 Å². The number of benzene rings is 2. The van der Waals surface area contributed by atoms with Crippen LogP contribution in [0, 0.1) is 11.6 Å². The molecule has 2 aromatic rings. The number of halogens is 3. The molecule has 0 aliphatic carbocycles. The number of nitrogens with two attached hydrogens (primary N) is 1. The maximum atomic E-state index is 13.2. The minimum absolute atomic E-state index is 0.124. The van der Waals surface area contributed by atoms with Gasteiger partial charge in [0.1, 0.15) is 5.82 Å². The van der Waals surface area contributed by atoms with E-state index in [1.165, 1.54) is 0 Å². The fraction of sp³-hybridized carbons (Fsp3) is 0. The van der Waals surface area contributed by atoms with Gasteiger partial charge in [0.15, 0.2) is 5.82 Å². The van der Waals surface area contributed by atoms with Crippen molar-refractivity contribution in [1.29, 1.82) is 0 Å². The molecule has 2 rings (SSSR count). The van der Waals surface area contributed by atoms with Crippen molar-refractivity contribution in [3.05, 3.63) is 53.1 Å². The molecule has 0 aliphatic heterocycles. The van der Waals surface area contributed by atoms with Crippen molar-refractivity contribution in [1.82, 2.24) is 0 Å². The molecule has 0 aromatic heterocycles. The number of nitrogen functional groups attached to an aromatic ring is 1. The first kappa shape index (κ1) is 11.7. The highest BCUT2D eigenvalue weighted by Crippen LogP contribution is 2.27. The molecule has 2 aromatic carbocycles. The number of anilines is 3. The topological polar surface area (TPSA) is 38.0 Å². The van der Waals surface area contributed by atoms with Crippen LogP contribution < -0.4 is 11.1 Å². The Morgan fingerprint density at radius 2 is 1.71 bits per heavy atom. The molecular weight excluding hydrogens is 246 g/mol. The Hall–Kier alpha value is -1.81. The zero-order valence-electron chi connectivity index (χ0n) is 8.68. The summed E-state index contributed by atoms with van der Waals surface area (Å²) in [5.41, 5.74) is 6.20. The Morgan fingerprint density at radius 1 is 1.06 bits per heavy atom. The summed E-state index contributed by atoms with van der Waals surface area (Å²) in [6, 6.07) is 8.57. The molecule has 0 bridgehead atoms. The van der Waals surface area contributed by atoms with Crippen molar-refractivity contribution in [3.8, 4) is 0 Å². The van der Waals surface area contributed by atoms with Crippen LogP contribution in [0.2, 0.25) is 5.02 Å². The third-order valence-electron chi connectivity index (χ3n) is 2.22. The van der Waals surface area contributed by atoms with E-state index in [1.807, 2.05) is 0 Å². The van der Waals surface area contributed by atoms with Gasteiger partial charge in [-0.15, -0.1) is 0 Å². The maximum absolute atomic E-state index is 13.2. The molecule has 2 nitrogen and oxygen atoms in total. The number of hydrogen-bond donors (Lipinski definition) is 2. The smallest absolute Gasteiger partial charge is 0.151 e. The van der Waals surface area contributed by atoms with Gasteiger partial charge in [0, 0.05) is 16.8 Å². The summed E-state index contributed by atoms with van der Waals surface area (Å²) in [5, 5.41) is 3.40. The quantitative estimate of drug-likeness (QED) is 0.797. The lowest BCUT2D eigenvalue weighted by Crippen LogP contribution is -2.00. The Bertz CT molecular complexity index is 541. The molecule has 0 saturated carbocycles. The Morgan fingerprint density at radius 3 is 2.35 bits per heavy atom. The monoisotopic (exact) mass is 254 g/mol. The molecule has 0 spiro atoms. The van der Waals surface area contributed by atoms with Crippen molar-refractivity contribution < 1.29 is 8.78 Å². The van der Waals surface area contributed by atoms with Gasteiger partial charge in [-0.25, -0.2) is 8.78 Å². The van der Waals surface area contributed by atoms with Crippen LogP contribution in [0.5, 0.6) is 0 Å². The summed E-state index contributed by atoms with van der Waals surface area (Å²) >= 11 is 5.72. The van der Waals surface area contributed by atoms with Crippen LogP contribution in [-0.4, -0.2) is 0 Å². The van der Waals surface area contributed by atoms with Crippen LogP contribution in [0.3, 0.4) is 0 Å². The Balaban J connectivity index is 2.32. The Kier molecular flexibility index (Phi) is 3.15. The van der Waals surface area contributed by atoms with Crippen LogP contribution >= 0.6 is 11.6 Å². The average Bonchev–Trinajstić information content (AvgIpc) is 2.28. The van der Waals surface area contributed by atoms with Gasteiger partial charge in [-0.2, -0.15) is 0 Å². The van der Waals surface area contributed by atoms with Crippen molar-refractivity contribution in [2.75, 3.05) is 11.1 Å². The SMILES string of the molecule is Nc1c(F)cc(F)cc1Nc1ccc(Cl)cc1. The predicted molar refractivity (Wildman–Crippen MR) is 65.5 cm³/mol. The molecule has 0 heterocycles. The van der Waals surface area contributed by atoms with Gasteiger partial charge < -0.3 is 11.1 Å². The third kappa shape index (κ3) is 2.65. The number of hydrogen-bond acceptors (Lipinski definition) is 2. The molecule has 3 N–H and O–H groups in total. The Labute approximate surface area is 102 Å². The van der Waals surface area contributed by atoms with Crippen LogP contribution in [0.1, 0.15) is 0 Å². The molecule has 0 radical (unpaired) electrons. The minimum Gasteiger partial charge on any atom is -0.395 e. The van der Waals surface area contributed by atoms with Crippen molar-refractivity contribution in [2.24, 2.45) is 0 Å². The largest absolute Gasteiger partial charge is 0.395 e. The van der Waals surface area contributed by atoms with Gasteiger partial charge in [-0.05, 0) is 30.3 Å². The fourth-order valence-corrected chi connectivity index (χ4v) is 1.50. The van der Waals surface area contributed by atoms with Gasteiger partial charge >= 0.3 is 0 Å². The maximum Gasteiger partial charge on any atom is 0.151 e. The normalized spacial score (nSPS) is 10.3. The van der Waals surface area contributed by atoms with Crippen molar-refractivity contribution in [2.45, 2.75) is 0 Å². The fourth-order valence-electron chi connectivity index (χ4n) is 1.38. The zero-order chi connectivity index (χ0) is 12.4. The van der Waals surface area contributed by atoms with Gasteiger partial charge in [-0.1, -0.05) is 11.6 Å². The summed E-state index contributed by atoms with van der Waals surface area (Å²) in [6.07, 6.45) is 0.